The van der Waals surface area contributed by atoms with E-state index in [1.807, 2.05) is 11.8 Å². The summed E-state index contributed by atoms with van der Waals surface area (Å²) in [7, 11) is 0. The van der Waals surface area contributed by atoms with E-state index in [2.05, 4.69) is 24.1 Å². The molecule has 0 atom stereocenters. The molecule has 140 valence electrons. The van der Waals surface area contributed by atoms with Gasteiger partial charge in [0.25, 0.3) is 5.91 Å². The first-order chi connectivity index (χ1) is 11.9. The lowest BCUT2D eigenvalue weighted by molar-refractivity contribution is -0.136. The Bertz CT molecular complexity index is 547. The van der Waals surface area contributed by atoms with Gasteiger partial charge >= 0.3 is 6.03 Å². The number of piperidine rings is 2. The Morgan fingerprint density at radius 3 is 2.28 bits per heavy atom. The van der Waals surface area contributed by atoms with Crippen molar-refractivity contribution in [2.24, 2.45) is 0 Å². The first-order valence-electron chi connectivity index (χ1n) is 9.55. The lowest BCUT2D eigenvalue weighted by atomic mass is 9.86. The maximum absolute atomic E-state index is 13.1. The zero-order chi connectivity index (χ0) is 18.2. The van der Waals surface area contributed by atoms with Crippen LogP contribution in [0.5, 0.6) is 0 Å². The number of hydrogen-bond donors (Lipinski definition) is 1. The topological polar surface area (TPSA) is 73.0 Å². The molecule has 0 saturated carbocycles. The minimum Gasteiger partial charge on any atom is -0.343 e. The quantitative estimate of drug-likeness (QED) is 0.776. The molecule has 25 heavy (non-hydrogen) atoms. The van der Waals surface area contributed by atoms with Crippen molar-refractivity contribution in [2.45, 2.75) is 70.5 Å². The standard InChI is InChI=1S/C18H30N4O3/c1-4-15(23)21-9-5-14(6-10-21)22-16(24)18(19-17(22)25)7-11-20(12-8-18)13(2)3/h13-14H,4-12H2,1-3H3,(H,19,25). The van der Waals surface area contributed by atoms with Crippen molar-refractivity contribution in [1.82, 2.24) is 20.0 Å². The lowest BCUT2D eigenvalue weighted by Gasteiger charge is -2.40. The van der Waals surface area contributed by atoms with Crippen molar-refractivity contribution >= 4 is 17.8 Å². The van der Waals surface area contributed by atoms with Crippen molar-refractivity contribution in [3.63, 3.8) is 0 Å². The van der Waals surface area contributed by atoms with Crippen LogP contribution in [-0.2, 0) is 9.59 Å². The van der Waals surface area contributed by atoms with Gasteiger partial charge in [-0.15, -0.1) is 0 Å². The van der Waals surface area contributed by atoms with Gasteiger partial charge in [0.05, 0.1) is 0 Å². The summed E-state index contributed by atoms with van der Waals surface area (Å²) in [5.74, 6) is 0.0920. The molecule has 0 unspecified atom stereocenters. The third-order valence-electron chi connectivity index (χ3n) is 6.06. The fourth-order valence-electron chi connectivity index (χ4n) is 4.33. The summed E-state index contributed by atoms with van der Waals surface area (Å²) >= 11 is 0. The number of likely N-dealkylation sites (tertiary alicyclic amines) is 2. The SMILES string of the molecule is CCC(=O)N1CCC(N2C(=O)NC3(CCN(C(C)C)CC3)C2=O)CC1. The number of carbonyl (C=O) groups is 3. The normalized spacial score (nSPS) is 25.1. The number of carbonyl (C=O) groups excluding carboxylic acids is 3. The molecule has 0 aliphatic carbocycles. The van der Waals surface area contributed by atoms with Gasteiger partial charge in [-0.2, -0.15) is 0 Å². The fraction of sp³-hybridized carbons (Fsp3) is 0.833. The highest BCUT2D eigenvalue weighted by molar-refractivity contribution is 6.07. The van der Waals surface area contributed by atoms with Crippen LogP contribution in [0.1, 0.15) is 52.9 Å². The molecule has 7 heteroatoms. The third kappa shape index (κ3) is 3.26. The Balaban J connectivity index is 1.64. The van der Waals surface area contributed by atoms with Gasteiger partial charge in [-0.25, -0.2) is 4.79 Å². The van der Waals surface area contributed by atoms with Gasteiger partial charge in [-0.1, -0.05) is 6.92 Å². The third-order valence-corrected chi connectivity index (χ3v) is 6.06. The summed E-state index contributed by atoms with van der Waals surface area (Å²) in [4.78, 5) is 43.1. The average molecular weight is 350 g/mol. The van der Waals surface area contributed by atoms with Gasteiger partial charge < -0.3 is 15.1 Å². The Labute approximate surface area is 149 Å². The van der Waals surface area contributed by atoms with Crippen LogP contribution in [-0.4, -0.2) is 76.3 Å². The van der Waals surface area contributed by atoms with Gasteiger partial charge in [0.15, 0.2) is 0 Å². The van der Waals surface area contributed by atoms with E-state index in [9.17, 15) is 14.4 Å². The molecular weight excluding hydrogens is 320 g/mol. The van der Waals surface area contributed by atoms with E-state index < -0.39 is 5.54 Å². The van der Waals surface area contributed by atoms with Gasteiger partial charge in [0, 0.05) is 44.7 Å². The van der Waals surface area contributed by atoms with Crippen LogP contribution in [0.15, 0.2) is 0 Å². The van der Waals surface area contributed by atoms with Crippen molar-refractivity contribution in [3.05, 3.63) is 0 Å². The summed E-state index contributed by atoms with van der Waals surface area (Å²) < 4.78 is 0. The number of urea groups is 1. The van der Waals surface area contributed by atoms with Gasteiger partial charge in [0.2, 0.25) is 5.91 Å². The summed E-state index contributed by atoms with van der Waals surface area (Å²) in [6.45, 7) is 9.10. The van der Waals surface area contributed by atoms with Crippen LogP contribution in [0.25, 0.3) is 0 Å². The minimum atomic E-state index is -0.709. The van der Waals surface area contributed by atoms with E-state index in [1.165, 1.54) is 4.90 Å². The van der Waals surface area contributed by atoms with Crippen molar-refractivity contribution in [1.29, 1.82) is 0 Å². The molecule has 3 heterocycles. The van der Waals surface area contributed by atoms with Crippen LogP contribution in [0.2, 0.25) is 0 Å². The lowest BCUT2D eigenvalue weighted by Crippen LogP contribution is -2.56. The molecule has 7 nitrogen and oxygen atoms in total. The average Bonchev–Trinajstić information content (AvgIpc) is 2.85. The molecule has 0 aromatic heterocycles. The maximum atomic E-state index is 13.1. The molecule has 3 rings (SSSR count). The first-order valence-corrected chi connectivity index (χ1v) is 9.55. The molecule has 0 bridgehead atoms. The molecule has 0 aromatic rings. The molecular formula is C18H30N4O3. The first kappa shape index (κ1) is 18.2. The highest BCUT2D eigenvalue weighted by atomic mass is 16.2. The largest absolute Gasteiger partial charge is 0.343 e. The van der Waals surface area contributed by atoms with Crippen LogP contribution in [0.3, 0.4) is 0 Å². The highest BCUT2D eigenvalue weighted by Gasteiger charge is 2.54. The highest BCUT2D eigenvalue weighted by Crippen LogP contribution is 2.33. The van der Waals surface area contributed by atoms with Crippen LogP contribution in [0, 0.1) is 0 Å². The second-order valence-electron chi connectivity index (χ2n) is 7.78. The monoisotopic (exact) mass is 350 g/mol. The van der Waals surface area contributed by atoms with E-state index in [4.69, 9.17) is 0 Å². The molecule has 3 fully saturated rings. The van der Waals surface area contributed by atoms with E-state index in [0.717, 1.165) is 13.1 Å². The zero-order valence-corrected chi connectivity index (χ0v) is 15.6. The van der Waals surface area contributed by atoms with E-state index in [0.29, 0.717) is 51.2 Å². The van der Waals surface area contributed by atoms with Gasteiger partial charge in [-0.05, 0) is 39.5 Å². The van der Waals surface area contributed by atoms with E-state index in [-0.39, 0.29) is 23.9 Å². The van der Waals surface area contributed by atoms with Crippen LogP contribution < -0.4 is 5.32 Å². The van der Waals surface area contributed by atoms with Crippen LogP contribution in [0.4, 0.5) is 4.79 Å². The maximum Gasteiger partial charge on any atom is 0.325 e. The number of imide groups is 1. The molecule has 4 amide bonds. The molecule has 3 saturated heterocycles. The Morgan fingerprint density at radius 2 is 1.76 bits per heavy atom. The van der Waals surface area contributed by atoms with Gasteiger partial charge in [-0.3, -0.25) is 14.5 Å². The predicted octanol–water partition coefficient (Wildman–Crippen LogP) is 1.18. The predicted molar refractivity (Wildman–Crippen MR) is 93.9 cm³/mol. The van der Waals surface area contributed by atoms with E-state index in [1.54, 1.807) is 0 Å². The van der Waals surface area contributed by atoms with Crippen LogP contribution >= 0.6 is 0 Å². The minimum absolute atomic E-state index is 0.0545. The molecule has 3 aliphatic rings. The number of nitrogens with zero attached hydrogens (tertiary/aromatic N) is 3. The summed E-state index contributed by atoms with van der Waals surface area (Å²) in [5.41, 5.74) is -0.709. The summed E-state index contributed by atoms with van der Waals surface area (Å²) in [6, 6.07) is 0.125. The smallest absolute Gasteiger partial charge is 0.325 e. The number of nitrogens with one attached hydrogen (secondary N) is 1. The fourth-order valence-corrected chi connectivity index (χ4v) is 4.33. The second kappa shape index (κ2) is 6.94. The van der Waals surface area contributed by atoms with Gasteiger partial charge in [0.1, 0.15) is 5.54 Å². The molecule has 1 N–H and O–H groups in total. The Kier molecular flexibility index (Phi) is 5.04. The molecule has 1 spiro atoms. The van der Waals surface area contributed by atoms with Crippen molar-refractivity contribution < 1.29 is 14.4 Å². The molecule has 0 aromatic carbocycles. The number of amides is 4. The number of rotatable bonds is 3. The Hall–Kier alpha value is -1.63. The molecule has 0 radical (unpaired) electrons. The van der Waals surface area contributed by atoms with Crippen molar-refractivity contribution in [2.75, 3.05) is 26.2 Å². The molecule has 3 aliphatic heterocycles. The summed E-state index contributed by atoms with van der Waals surface area (Å²) in [5, 5.41) is 3.00. The van der Waals surface area contributed by atoms with E-state index >= 15 is 0 Å². The summed E-state index contributed by atoms with van der Waals surface area (Å²) in [6.07, 6.45) is 3.22. The second-order valence-corrected chi connectivity index (χ2v) is 7.78. The zero-order valence-electron chi connectivity index (χ0n) is 15.6. The van der Waals surface area contributed by atoms with Crippen molar-refractivity contribution in [3.8, 4) is 0 Å². The number of hydrogen-bond acceptors (Lipinski definition) is 4. The Morgan fingerprint density at radius 1 is 1.16 bits per heavy atom.